The zero-order valence-corrected chi connectivity index (χ0v) is 27.1. The first-order valence-corrected chi connectivity index (χ1v) is 17.4. The Morgan fingerprint density at radius 2 is 1.52 bits per heavy atom. The molecule has 3 aromatic carbocycles. The van der Waals surface area contributed by atoms with Crippen LogP contribution in [0, 0.1) is 19.8 Å². The van der Waals surface area contributed by atoms with E-state index >= 15 is 0 Å². The van der Waals surface area contributed by atoms with Gasteiger partial charge in [0, 0.05) is 51.5 Å². The highest BCUT2D eigenvalue weighted by molar-refractivity contribution is 7.90. The smallest absolute Gasteiger partial charge is 0.295 e. The highest BCUT2D eigenvalue weighted by atomic mass is 32.2. The van der Waals surface area contributed by atoms with E-state index in [0.717, 1.165) is 22.5 Å². The summed E-state index contributed by atoms with van der Waals surface area (Å²) >= 11 is 0. The van der Waals surface area contributed by atoms with Crippen LogP contribution in [-0.4, -0.2) is 32.0 Å². The molecule has 46 heavy (non-hydrogen) atoms. The zero-order chi connectivity index (χ0) is 33.0. The standard InChI is InChI=1S/C35H32N2O7S2/c1-20-8-7-9-21(2)34(20)36-24-12-14-27-30(18-24)44-31-19-25(37-35-22(3)16-26(17-23(35)4)45(38,39)40)13-15-28(31)33(27)29-10-5-6-11-32(29)46(41,42)43/h5-19,22,35-36H,1-4H3,(H,38,39,40)(H,41,42,43). The molecule has 3 aromatic rings. The Hall–Kier alpha value is -4.55. The van der Waals surface area contributed by atoms with Gasteiger partial charge in [0.05, 0.1) is 16.3 Å². The van der Waals surface area contributed by atoms with E-state index in [1.807, 2.05) is 57.2 Å². The average molecular weight is 657 g/mol. The van der Waals surface area contributed by atoms with Crippen LogP contribution < -0.4 is 10.7 Å². The fourth-order valence-corrected chi connectivity index (χ4v) is 7.46. The maximum absolute atomic E-state index is 12.5. The van der Waals surface area contributed by atoms with Crippen LogP contribution in [0.4, 0.5) is 11.4 Å². The molecule has 2 unspecified atom stereocenters. The van der Waals surface area contributed by atoms with E-state index < -0.39 is 26.3 Å². The van der Waals surface area contributed by atoms with Crippen LogP contribution >= 0.6 is 0 Å². The molecule has 0 bridgehead atoms. The maximum Gasteiger partial charge on any atom is 0.295 e. The molecule has 236 valence electrons. The Morgan fingerprint density at radius 1 is 0.804 bits per heavy atom. The van der Waals surface area contributed by atoms with Crippen molar-refractivity contribution >= 4 is 42.6 Å². The third-order valence-electron chi connectivity index (χ3n) is 8.24. The summed E-state index contributed by atoms with van der Waals surface area (Å²) in [5.41, 5.74) is 6.52. The third kappa shape index (κ3) is 6.02. The molecule has 0 fully saturated rings. The molecule has 3 N–H and O–H groups in total. The van der Waals surface area contributed by atoms with Crippen LogP contribution in [0.15, 0.2) is 116 Å². The Bertz CT molecular complexity index is 2330. The number of nitrogens with zero attached hydrogens (tertiary/aromatic N) is 1. The highest BCUT2D eigenvalue weighted by Crippen LogP contribution is 2.43. The van der Waals surface area contributed by atoms with Crippen molar-refractivity contribution < 1.29 is 30.4 Å². The Balaban J connectivity index is 1.57. The molecule has 0 saturated carbocycles. The van der Waals surface area contributed by atoms with Gasteiger partial charge in [-0.15, -0.1) is 0 Å². The monoisotopic (exact) mass is 656 g/mol. The van der Waals surface area contributed by atoms with Crippen molar-refractivity contribution in [1.82, 2.24) is 0 Å². The summed E-state index contributed by atoms with van der Waals surface area (Å²) in [7, 11) is -8.91. The first-order chi connectivity index (χ1) is 21.7. The Morgan fingerprint density at radius 3 is 2.20 bits per heavy atom. The van der Waals surface area contributed by atoms with Gasteiger partial charge in [-0.2, -0.15) is 16.8 Å². The van der Waals surface area contributed by atoms with Crippen molar-refractivity contribution in [3.8, 4) is 22.5 Å². The molecule has 2 aliphatic carbocycles. The number of para-hydroxylation sites is 1. The summed E-state index contributed by atoms with van der Waals surface area (Å²) in [6, 6.07) is 22.8. The van der Waals surface area contributed by atoms with E-state index in [-0.39, 0.29) is 15.7 Å². The summed E-state index contributed by atoms with van der Waals surface area (Å²) in [4.78, 5) is 4.50. The summed E-state index contributed by atoms with van der Waals surface area (Å²) in [5, 5.41) is 4.68. The number of aryl methyl sites for hydroxylation is 2. The Kier molecular flexibility index (Phi) is 7.97. The van der Waals surface area contributed by atoms with Crippen LogP contribution in [0.5, 0.6) is 0 Å². The first-order valence-electron chi connectivity index (χ1n) is 14.5. The summed E-state index contributed by atoms with van der Waals surface area (Å²) in [6.07, 6.45) is 2.89. The number of anilines is 2. The molecule has 1 heterocycles. The van der Waals surface area contributed by atoms with Gasteiger partial charge in [-0.25, -0.2) is 0 Å². The number of hydrogen-bond acceptors (Lipinski definition) is 7. The van der Waals surface area contributed by atoms with Gasteiger partial charge >= 0.3 is 0 Å². The van der Waals surface area contributed by atoms with Gasteiger partial charge in [0.2, 0.25) is 0 Å². The lowest BCUT2D eigenvalue weighted by atomic mass is 9.91. The number of allylic oxidation sites excluding steroid dienone is 1. The van der Waals surface area contributed by atoms with Crippen molar-refractivity contribution in [2.45, 2.75) is 38.6 Å². The van der Waals surface area contributed by atoms with Crippen molar-refractivity contribution in [3.05, 3.63) is 118 Å². The van der Waals surface area contributed by atoms with Gasteiger partial charge in [0.15, 0.2) is 0 Å². The number of hydrogen-bond donors (Lipinski definition) is 3. The van der Waals surface area contributed by atoms with Crippen LogP contribution in [-0.2, 0) is 20.2 Å². The van der Waals surface area contributed by atoms with E-state index in [1.165, 1.54) is 18.2 Å². The lowest BCUT2D eigenvalue weighted by Crippen LogP contribution is -2.24. The number of nitrogens with one attached hydrogen (secondary N) is 1. The van der Waals surface area contributed by atoms with Gasteiger partial charge in [0.1, 0.15) is 16.2 Å². The molecule has 11 heteroatoms. The van der Waals surface area contributed by atoms with E-state index in [4.69, 9.17) is 9.41 Å². The van der Waals surface area contributed by atoms with Crippen LogP contribution in [0.25, 0.3) is 33.4 Å². The molecule has 0 radical (unpaired) electrons. The summed E-state index contributed by atoms with van der Waals surface area (Å²) in [5.74, 6) is 0.110. The molecule has 0 spiro atoms. The number of benzene rings is 4. The summed E-state index contributed by atoms with van der Waals surface area (Å²) < 4.78 is 74.6. The summed E-state index contributed by atoms with van der Waals surface area (Å²) in [6.45, 7) is 7.63. The quantitative estimate of drug-likeness (QED) is 0.126. The average Bonchev–Trinajstić information content (AvgIpc) is 2.98. The minimum absolute atomic E-state index is 0.156. The predicted molar refractivity (Wildman–Crippen MR) is 179 cm³/mol. The van der Waals surface area contributed by atoms with Crippen LogP contribution in [0.2, 0.25) is 0 Å². The van der Waals surface area contributed by atoms with E-state index in [9.17, 15) is 25.9 Å². The van der Waals surface area contributed by atoms with Gasteiger partial charge in [0.25, 0.3) is 20.2 Å². The fraction of sp³-hybridized carbons (Fsp3) is 0.171. The molecular weight excluding hydrogens is 625 g/mol. The lowest BCUT2D eigenvalue weighted by molar-refractivity contribution is 0.483. The first kappa shape index (κ1) is 31.4. The van der Waals surface area contributed by atoms with Crippen molar-refractivity contribution in [2.75, 3.05) is 5.32 Å². The van der Waals surface area contributed by atoms with Gasteiger partial charge in [-0.1, -0.05) is 49.4 Å². The van der Waals surface area contributed by atoms with Crippen LogP contribution in [0.1, 0.15) is 25.0 Å². The molecule has 2 atom stereocenters. The highest BCUT2D eigenvalue weighted by Gasteiger charge is 2.27. The third-order valence-corrected chi connectivity index (χ3v) is 10.00. The molecular formula is C35H32N2O7S2. The zero-order valence-electron chi connectivity index (χ0n) is 25.5. The fourth-order valence-electron chi connectivity index (χ4n) is 6.04. The number of fused-ring (bicyclic) bond motifs is 2. The second-order valence-electron chi connectivity index (χ2n) is 11.6. The minimum atomic E-state index is -4.57. The molecule has 3 aliphatic rings. The van der Waals surface area contributed by atoms with E-state index in [1.54, 1.807) is 43.3 Å². The molecule has 0 aromatic heterocycles. The minimum Gasteiger partial charge on any atom is -0.456 e. The second-order valence-corrected chi connectivity index (χ2v) is 14.4. The Labute approximate surface area is 267 Å². The number of rotatable bonds is 6. The second kappa shape index (κ2) is 11.7. The molecule has 1 aliphatic heterocycles. The maximum atomic E-state index is 12.5. The molecule has 9 nitrogen and oxygen atoms in total. The van der Waals surface area contributed by atoms with Crippen molar-refractivity contribution in [3.63, 3.8) is 0 Å². The topological polar surface area (TPSA) is 146 Å². The van der Waals surface area contributed by atoms with Gasteiger partial charge in [-0.05, 0) is 73.9 Å². The molecule has 0 amide bonds. The van der Waals surface area contributed by atoms with Gasteiger partial charge < -0.3 is 9.73 Å². The van der Waals surface area contributed by atoms with Crippen LogP contribution in [0.3, 0.4) is 0 Å². The molecule has 0 saturated heterocycles. The van der Waals surface area contributed by atoms with Gasteiger partial charge in [-0.3, -0.25) is 14.1 Å². The van der Waals surface area contributed by atoms with E-state index in [2.05, 4.69) is 5.32 Å². The van der Waals surface area contributed by atoms with Crippen molar-refractivity contribution in [2.24, 2.45) is 10.9 Å². The van der Waals surface area contributed by atoms with E-state index in [0.29, 0.717) is 44.4 Å². The molecule has 6 rings (SSSR count). The predicted octanol–water partition coefficient (Wildman–Crippen LogP) is 7.45. The van der Waals surface area contributed by atoms with Crippen molar-refractivity contribution in [1.29, 1.82) is 0 Å². The lowest BCUT2D eigenvalue weighted by Gasteiger charge is -2.23. The SMILES string of the molecule is CC1=CC(S(=O)(=O)O)=CC(C)C1N=c1ccc2c(-c3ccccc3S(=O)(=O)O)c3ccc(Nc4c(C)cccc4C)cc3oc-2c1. The largest absolute Gasteiger partial charge is 0.456 e. The normalized spacial score (nSPS) is 17.7.